The molecule has 3 rings (SSSR count). The fourth-order valence-electron chi connectivity index (χ4n) is 2.19. The van der Waals surface area contributed by atoms with Crippen LogP contribution in [0.15, 0.2) is 66.9 Å². The summed E-state index contributed by atoms with van der Waals surface area (Å²) in [4.78, 5) is 23.8. The third-order valence-corrected chi connectivity index (χ3v) is 3.37. The number of rotatable bonds is 5. The smallest absolute Gasteiger partial charge is 0.251 e. The maximum Gasteiger partial charge on any atom is 0.251 e. The van der Waals surface area contributed by atoms with Crippen molar-refractivity contribution in [1.82, 2.24) is 15.1 Å². The van der Waals surface area contributed by atoms with Gasteiger partial charge in [0.15, 0.2) is 5.82 Å². The predicted molar refractivity (Wildman–Crippen MR) is 90.9 cm³/mol. The average Bonchev–Trinajstić information content (AvgIpc) is 3.09. The van der Waals surface area contributed by atoms with Crippen LogP contribution in [0.25, 0.3) is 5.69 Å². The molecule has 0 aliphatic rings. The third kappa shape index (κ3) is 4.29. The number of aromatic nitrogens is 2. The van der Waals surface area contributed by atoms with Crippen molar-refractivity contribution in [2.45, 2.75) is 0 Å². The maximum absolute atomic E-state index is 13.1. The van der Waals surface area contributed by atoms with Crippen LogP contribution in [0.5, 0.6) is 0 Å². The zero-order valence-corrected chi connectivity index (χ0v) is 13.1. The Morgan fingerprint density at radius 3 is 2.60 bits per heavy atom. The number of hydrogen-bond donors (Lipinski definition) is 2. The van der Waals surface area contributed by atoms with Gasteiger partial charge in [-0.2, -0.15) is 5.10 Å². The van der Waals surface area contributed by atoms with E-state index < -0.39 is 17.6 Å². The highest BCUT2D eigenvalue weighted by atomic mass is 19.1. The van der Waals surface area contributed by atoms with Crippen molar-refractivity contribution in [2.24, 2.45) is 0 Å². The second kappa shape index (κ2) is 7.39. The van der Waals surface area contributed by atoms with E-state index in [0.29, 0.717) is 5.82 Å². The van der Waals surface area contributed by atoms with E-state index in [-0.39, 0.29) is 12.1 Å². The lowest BCUT2D eigenvalue weighted by Crippen LogP contribution is -2.33. The molecule has 126 valence electrons. The van der Waals surface area contributed by atoms with E-state index in [1.54, 1.807) is 16.9 Å². The molecular formula is C18H15FN4O2. The first kappa shape index (κ1) is 16.4. The van der Waals surface area contributed by atoms with Crippen molar-refractivity contribution in [3.8, 4) is 5.69 Å². The van der Waals surface area contributed by atoms with Gasteiger partial charge in [-0.05, 0) is 30.3 Å². The van der Waals surface area contributed by atoms with Gasteiger partial charge in [-0.15, -0.1) is 0 Å². The minimum atomic E-state index is -0.524. The Hall–Kier alpha value is -3.48. The van der Waals surface area contributed by atoms with E-state index in [0.717, 1.165) is 11.8 Å². The molecule has 0 saturated heterocycles. The van der Waals surface area contributed by atoms with Crippen LogP contribution in [0, 0.1) is 5.82 Å². The van der Waals surface area contributed by atoms with E-state index in [1.807, 2.05) is 30.3 Å². The highest BCUT2D eigenvalue weighted by Gasteiger charge is 2.10. The number of benzene rings is 2. The van der Waals surface area contributed by atoms with Gasteiger partial charge in [0.05, 0.1) is 12.2 Å². The molecule has 0 spiro atoms. The number of carbonyl (C=O) groups is 2. The largest absolute Gasteiger partial charge is 0.343 e. The van der Waals surface area contributed by atoms with Gasteiger partial charge in [-0.25, -0.2) is 9.07 Å². The van der Waals surface area contributed by atoms with Gasteiger partial charge in [0, 0.05) is 17.8 Å². The molecule has 0 aliphatic heterocycles. The standard InChI is InChI=1S/C18H15FN4O2/c19-14-6-4-5-13(11-14)18(25)20-12-17(24)21-16-9-10-23(22-16)15-7-2-1-3-8-15/h1-11H,12H2,(H,20,25)(H,21,22,24). The molecule has 7 heteroatoms. The molecule has 1 aromatic heterocycles. The Morgan fingerprint density at radius 2 is 1.84 bits per heavy atom. The quantitative estimate of drug-likeness (QED) is 0.750. The first-order valence-electron chi connectivity index (χ1n) is 7.56. The van der Waals surface area contributed by atoms with Crippen LogP contribution in [0.1, 0.15) is 10.4 Å². The summed E-state index contributed by atoms with van der Waals surface area (Å²) in [5.74, 6) is -1.09. The van der Waals surface area contributed by atoms with Gasteiger partial charge in [0.1, 0.15) is 5.82 Å². The molecule has 2 N–H and O–H groups in total. The van der Waals surface area contributed by atoms with Crippen molar-refractivity contribution in [2.75, 3.05) is 11.9 Å². The van der Waals surface area contributed by atoms with Gasteiger partial charge in [0.25, 0.3) is 5.91 Å². The topological polar surface area (TPSA) is 76.0 Å². The average molecular weight is 338 g/mol. The fourth-order valence-corrected chi connectivity index (χ4v) is 2.19. The highest BCUT2D eigenvalue weighted by molar-refractivity contribution is 5.99. The molecule has 0 saturated carbocycles. The van der Waals surface area contributed by atoms with E-state index in [2.05, 4.69) is 15.7 Å². The van der Waals surface area contributed by atoms with Crippen molar-refractivity contribution in [3.63, 3.8) is 0 Å². The zero-order chi connectivity index (χ0) is 17.6. The fraction of sp³-hybridized carbons (Fsp3) is 0.0556. The van der Waals surface area contributed by atoms with Crippen molar-refractivity contribution >= 4 is 17.6 Å². The summed E-state index contributed by atoms with van der Waals surface area (Å²) >= 11 is 0. The highest BCUT2D eigenvalue weighted by Crippen LogP contribution is 2.09. The van der Waals surface area contributed by atoms with Crippen LogP contribution in [-0.2, 0) is 4.79 Å². The molecule has 0 unspecified atom stereocenters. The Balaban J connectivity index is 1.55. The molecule has 0 fully saturated rings. The van der Waals surface area contributed by atoms with Gasteiger partial charge < -0.3 is 10.6 Å². The van der Waals surface area contributed by atoms with Crippen LogP contribution < -0.4 is 10.6 Å². The molecule has 1 heterocycles. The lowest BCUT2D eigenvalue weighted by molar-refractivity contribution is -0.115. The zero-order valence-electron chi connectivity index (χ0n) is 13.1. The molecule has 25 heavy (non-hydrogen) atoms. The van der Waals surface area contributed by atoms with E-state index in [1.165, 1.54) is 18.2 Å². The number of nitrogens with one attached hydrogen (secondary N) is 2. The number of amides is 2. The summed E-state index contributed by atoms with van der Waals surface area (Å²) in [5, 5.41) is 9.26. The summed E-state index contributed by atoms with van der Waals surface area (Å²) < 4.78 is 14.7. The van der Waals surface area contributed by atoms with Gasteiger partial charge in [-0.3, -0.25) is 9.59 Å². The Kier molecular flexibility index (Phi) is 4.84. The Morgan fingerprint density at radius 1 is 1.04 bits per heavy atom. The van der Waals surface area contributed by atoms with Crippen molar-refractivity contribution < 1.29 is 14.0 Å². The summed E-state index contributed by atoms with van der Waals surface area (Å²) in [6.07, 6.45) is 1.72. The predicted octanol–water partition coefficient (Wildman–Crippen LogP) is 2.38. The Bertz CT molecular complexity index is 893. The van der Waals surface area contributed by atoms with Gasteiger partial charge >= 0.3 is 0 Å². The van der Waals surface area contributed by atoms with Gasteiger partial charge in [-0.1, -0.05) is 24.3 Å². The molecule has 6 nitrogen and oxygen atoms in total. The summed E-state index contributed by atoms with van der Waals surface area (Å²) in [6.45, 7) is -0.243. The lowest BCUT2D eigenvalue weighted by atomic mass is 10.2. The minimum absolute atomic E-state index is 0.154. The molecule has 0 aliphatic carbocycles. The molecular weight excluding hydrogens is 323 g/mol. The number of nitrogens with zero attached hydrogens (tertiary/aromatic N) is 2. The molecule has 0 bridgehead atoms. The number of para-hydroxylation sites is 1. The summed E-state index contributed by atoms with van der Waals surface area (Å²) in [6, 6.07) is 16.3. The SMILES string of the molecule is O=C(CNC(=O)c1cccc(F)c1)Nc1ccn(-c2ccccc2)n1. The second-order valence-corrected chi connectivity index (χ2v) is 5.22. The number of halogens is 1. The lowest BCUT2D eigenvalue weighted by Gasteiger charge is -2.05. The van der Waals surface area contributed by atoms with Gasteiger partial charge in [0.2, 0.25) is 5.91 Å². The van der Waals surface area contributed by atoms with Crippen LogP contribution in [-0.4, -0.2) is 28.1 Å². The van der Waals surface area contributed by atoms with Crippen LogP contribution in [0.2, 0.25) is 0 Å². The number of anilines is 1. The van der Waals surface area contributed by atoms with Crippen LogP contribution >= 0.6 is 0 Å². The van der Waals surface area contributed by atoms with E-state index in [4.69, 9.17) is 0 Å². The first-order valence-corrected chi connectivity index (χ1v) is 7.56. The van der Waals surface area contributed by atoms with E-state index in [9.17, 15) is 14.0 Å². The maximum atomic E-state index is 13.1. The number of carbonyl (C=O) groups excluding carboxylic acids is 2. The van der Waals surface area contributed by atoms with Crippen molar-refractivity contribution in [1.29, 1.82) is 0 Å². The summed E-state index contributed by atoms with van der Waals surface area (Å²) in [7, 11) is 0. The van der Waals surface area contributed by atoms with Crippen molar-refractivity contribution in [3.05, 3.63) is 78.2 Å². The van der Waals surface area contributed by atoms with Crippen LogP contribution in [0.3, 0.4) is 0 Å². The molecule has 0 atom stereocenters. The molecule has 2 amide bonds. The minimum Gasteiger partial charge on any atom is -0.343 e. The molecule has 2 aromatic carbocycles. The third-order valence-electron chi connectivity index (χ3n) is 3.37. The normalized spacial score (nSPS) is 10.3. The first-order chi connectivity index (χ1) is 12.1. The monoisotopic (exact) mass is 338 g/mol. The number of hydrogen-bond acceptors (Lipinski definition) is 3. The Labute approximate surface area is 143 Å². The second-order valence-electron chi connectivity index (χ2n) is 5.22. The molecule has 3 aromatic rings. The van der Waals surface area contributed by atoms with Crippen LogP contribution in [0.4, 0.5) is 10.2 Å². The summed E-state index contributed by atoms with van der Waals surface area (Å²) in [5.41, 5.74) is 1.02. The van der Waals surface area contributed by atoms with E-state index >= 15 is 0 Å². The molecule has 0 radical (unpaired) electrons.